The van der Waals surface area contributed by atoms with Crippen molar-refractivity contribution in [2.45, 2.75) is 33.1 Å². The number of thiocarbonyl (C=S) groups is 1. The second-order valence-corrected chi connectivity index (χ2v) is 8.72. The summed E-state index contributed by atoms with van der Waals surface area (Å²) < 4.78 is 5.74. The molecule has 0 radical (unpaired) electrons. The summed E-state index contributed by atoms with van der Waals surface area (Å²) in [5.74, 6) is -0.687. The predicted molar refractivity (Wildman–Crippen MR) is 148 cm³/mol. The molecule has 0 aliphatic rings. The van der Waals surface area contributed by atoms with Crippen molar-refractivity contribution in [3.63, 3.8) is 0 Å². The summed E-state index contributed by atoms with van der Waals surface area (Å²) >= 11 is 5.14. The average Bonchev–Trinajstić information content (AvgIpc) is 2.90. The van der Waals surface area contributed by atoms with Gasteiger partial charge in [-0.2, -0.15) is 0 Å². The molecule has 8 nitrogen and oxygen atoms in total. The maximum Gasteiger partial charge on any atom is 0.269 e. The molecule has 192 valence electrons. The van der Waals surface area contributed by atoms with E-state index in [1.54, 1.807) is 60.7 Å². The van der Waals surface area contributed by atoms with E-state index in [1.165, 1.54) is 0 Å². The number of carbonyl (C=O) groups is 3. The van der Waals surface area contributed by atoms with Crippen molar-refractivity contribution in [2.75, 3.05) is 11.9 Å². The van der Waals surface area contributed by atoms with Crippen LogP contribution in [0.15, 0.2) is 72.8 Å². The third-order valence-electron chi connectivity index (χ3n) is 5.34. The Morgan fingerprint density at radius 2 is 1.57 bits per heavy atom. The van der Waals surface area contributed by atoms with Crippen molar-refractivity contribution in [2.24, 2.45) is 0 Å². The van der Waals surface area contributed by atoms with Gasteiger partial charge in [0.15, 0.2) is 5.11 Å². The van der Waals surface area contributed by atoms with Crippen molar-refractivity contribution in [3.05, 3.63) is 95.1 Å². The second-order valence-electron chi connectivity index (χ2n) is 8.32. The molecule has 0 aliphatic heterocycles. The first-order valence-electron chi connectivity index (χ1n) is 12.0. The Bertz CT molecular complexity index is 1260. The summed E-state index contributed by atoms with van der Waals surface area (Å²) in [4.78, 5) is 37.5. The van der Waals surface area contributed by atoms with Crippen LogP contribution in [0.25, 0.3) is 0 Å². The van der Waals surface area contributed by atoms with Crippen LogP contribution >= 0.6 is 12.2 Å². The van der Waals surface area contributed by atoms with Gasteiger partial charge >= 0.3 is 0 Å². The Morgan fingerprint density at radius 1 is 0.811 bits per heavy atom. The molecule has 0 saturated heterocycles. The van der Waals surface area contributed by atoms with E-state index in [1.807, 2.05) is 19.1 Å². The Balaban J connectivity index is 1.49. The highest BCUT2D eigenvalue weighted by atomic mass is 32.1. The minimum Gasteiger partial charge on any atom is -0.493 e. The van der Waals surface area contributed by atoms with Crippen molar-refractivity contribution >= 4 is 40.7 Å². The van der Waals surface area contributed by atoms with E-state index in [4.69, 9.17) is 17.0 Å². The molecule has 4 N–H and O–H groups in total. The molecule has 3 aromatic rings. The lowest BCUT2D eigenvalue weighted by atomic mass is 10.1. The molecule has 0 saturated carbocycles. The molecule has 0 spiro atoms. The summed E-state index contributed by atoms with van der Waals surface area (Å²) in [5.41, 5.74) is 7.74. The average molecular weight is 519 g/mol. The quantitative estimate of drug-likeness (QED) is 0.185. The van der Waals surface area contributed by atoms with Crippen LogP contribution in [0.2, 0.25) is 0 Å². The number of amides is 3. The third-order valence-corrected chi connectivity index (χ3v) is 5.54. The molecule has 0 atom stereocenters. The zero-order valence-corrected chi connectivity index (χ0v) is 21.6. The van der Waals surface area contributed by atoms with Crippen LogP contribution < -0.4 is 26.2 Å². The number of hydrogen-bond acceptors (Lipinski definition) is 5. The van der Waals surface area contributed by atoms with E-state index in [-0.39, 0.29) is 11.0 Å². The van der Waals surface area contributed by atoms with Crippen molar-refractivity contribution in [3.8, 4) is 5.75 Å². The Hall–Kier alpha value is -4.24. The van der Waals surface area contributed by atoms with E-state index in [0.717, 1.165) is 24.8 Å². The molecule has 37 heavy (non-hydrogen) atoms. The van der Waals surface area contributed by atoms with Crippen molar-refractivity contribution < 1.29 is 19.1 Å². The second kappa shape index (κ2) is 13.7. The number of benzene rings is 3. The van der Waals surface area contributed by atoms with Crippen LogP contribution in [-0.2, 0) is 0 Å². The van der Waals surface area contributed by atoms with Gasteiger partial charge in [-0.05, 0) is 74.1 Å². The lowest BCUT2D eigenvalue weighted by Gasteiger charge is -2.13. The molecule has 0 aromatic heterocycles. The minimum atomic E-state index is -0.465. The molecule has 0 bridgehead atoms. The van der Waals surface area contributed by atoms with Crippen LogP contribution in [0.3, 0.4) is 0 Å². The van der Waals surface area contributed by atoms with Gasteiger partial charge in [0, 0.05) is 16.8 Å². The van der Waals surface area contributed by atoms with Gasteiger partial charge in [-0.3, -0.25) is 30.6 Å². The Labute approximate surface area is 221 Å². The first-order chi connectivity index (χ1) is 17.9. The molecular weight excluding hydrogens is 488 g/mol. The van der Waals surface area contributed by atoms with E-state index >= 15 is 0 Å². The van der Waals surface area contributed by atoms with Crippen LogP contribution in [0.1, 0.15) is 62.8 Å². The lowest BCUT2D eigenvalue weighted by Crippen LogP contribution is -2.48. The summed E-state index contributed by atoms with van der Waals surface area (Å²) in [7, 11) is 0. The minimum absolute atomic E-state index is 0.0684. The SMILES string of the molecule is CCCCCOc1ccccc1C(=O)NC(=S)NNC(=O)c1ccc(NC(=O)c2cccc(C)c2)cc1. The zero-order valence-electron chi connectivity index (χ0n) is 20.8. The number of anilines is 1. The van der Waals surface area contributed by atoms with Gasteiger partial charge in [-0.15, -0.1) is 0 Å². The molecular formula is C28H30N4O4S. The fraction of sp³-hybridized carbons (Fsp3) is 0.214. The largest absolute Gasteiger partial charge is 0.493 e. The highest BCUT2D eigenvalue weighted by Crippen LogP contribution is 2.18. The number of nitrogens with one attached hydrogen (secondary N) is 4. The fourth-order valence-electron chi connectivity index (χ4n) is 3.40. The highest BCUT2D eigenvalue weighted by Gasteiger charge is 2.14. The molecule has 9 heteroatoms. The molecule has 0 fully saturated rings. The number of unbranched alkanes of at least 4 members (excludes halogenated alkanes) is 2. The van der Waals surface area contributed by atoms with Crippen LogP contribution in [-0.4, -0.2) is 29.4 Å². The first-order valence-corrected chi connectivity index (χ1v) is 12.4. The Kier molecular flexibility index (Phi) is 10.2. The van der Waals surface area contributed by atoms with Gasteiger partial charge < -0.3 is 10.1 Å². The molecule has 0 heterocycles. The summed E-state index contributed by atoms with van der Waals surface area (Å²) in [5, 5.41) is 5.26. The summed E-state index contributed by atoms with van der Waals surface area (Å²) in [6.07, 6.45) is 3.03. The van der Waals surface area contributed by atoms with Gasteiger partial charge in [-0.1, -0.05) is 49.6 Å². The monoisotopic (exact) mass is 518 g/mol. The molecule has 0 aliphatic carbocycles. The number of carbonyl (C=O) groups excluding carboxylic acids is 3. The molecule has 3 aromatic carbocycles. The van der Waals surface area contributed by atoms with Gasteiger partial charge in [0.25, 0.3) is 17.7 Å². The Morgan fingerprint density at radius 3 is 2.30 bits per heavy atom. The first kappa shape index (κ1) is 27.3. The maximum atomic E-state index is 12.7. The lowest BCUT2D eigenvalue weighted by molar-refractivity contribution is 0.0933. The fourth-order valence-corrected chi connectivity index (χ4v) is 3.54. The van der Waals surface area contributed by atoms with Gasteiger partial charge in [0.1, 0.15) is 5.75 Å². The van der Waals surface area contributed by atoms with E-state index in [0.29, 0.717) is 34.7 Å². The maximum absolute atomic E-state index is 12.7. The van der Waals surface area contributed by atoms with Gasteiger partial charge in [-0.25, -0.2) is 0 Å². The van der Waals surface area contributed by atoms with Crippen LogP contribution in [0.4, 0.5) is 5.69 Å². The number of aryl methyl sites for hydroxylation is 1. The zero-order chi connectivity index (χ0) is 26.6. The standard InChI is InChI=1S/C28H30N4O4S/c1-3-4-7-17-36-24-12-6-5-11-23(24)27(35)30-28(37)32-31-26(34)20-13-15-22(16-14-20)29-25(33)21-10-8-9-19(2)18-21/h5-6,8-16,18H,3-4,7,17H2,1-2H3,(H,29,33)(H,31,34)(H2,30,32,35,37). The smallest absolute Gasteiger partial charge is 0.269 e. The van der Waals surface area contributed by atoms with E-state index in [2.05, 4.69) is 28.4 Å². The summed E-state index contributed by atoms with van der Waals surface area (Å²) in [6, 6.07) is 20.5. The molecule has 3 amide bonds. The topological polar surface area (TPSA) is 109 Å². The number of ether oxygens (including phenoxy) is 1. The van der Waals surface area contributed by atoms with E-state index < -0.39 is 11.8 Å². The normalized spacial score (nSPS) is 10.2. The number of hydrazine groups is 1. The molecule has 0 unspecified atom stereocenters. The van der Waals surface area contributed by atoms with Crippen molar-refractivity contribution in [1.29, 1.82) is 0 Å². The van der Waals surface area contributed by atoms with E-state index in [9.17, 15) is 14.4 Å². The van der Waals surface area contributed by atoms with Crippen molar-refractivity contribution in [1.82, 2.24) is 16.2 Å². The summed E-state index contributed by atoms with van der Waals surface area (Å²) in [6.45, 7) is 4.54. The number of para-hydroxylation sites is 1. The highest BCUT2D eigenvalue weighted by molar-refractivity contribution is 7.80. The number of hydrogen-bond donors (Lipinski definition) is 4. The van der Waals surface area contributed by atoms with Crippen LogP contribution in [0.5, 0.6) is 5.75 Å². The predicted octanol–water partition coefficient (Wildman–Crippen LogP) is 4.77. The van der Waals surface area contributed by atoms with Crippen LogP contribution in [0, 0.1) is 6.92 Å². The van der Waals surface area contributed by atoms with Gasteiger partial charge in [0.2, 0.25) is 0 Å². The number of rotatable bonds is 9. The third kappa shape index (κ3) is 8.43. The molecule has 3 rings (SSSR count). The van der Waals surface area contributed by atoms with Gasteiger partial charge in [0.05, 0.1) is 12.2 Å².